The van der Waals surface area contributed by atoms with E-state index in [0.717, 1.165) is 53.9 Å². The molecule has 1 aliphatic rings. The summed E-state index contributed by atoms with van der Waals surface area (Å²) in [6, 6.07) is 9.53. The Kier molecular flexibility index (Phi) is 5.31. The molecule has 5 aromatic rings. The van der Waals surface area contributed by atoms with E-state index >= 15 is 0 Å². The van der Waals surface area contributed by atoms with Gasteiger partial charge in [0.25, 0.3) is 0 Å². The summed E-state index contributed by atoms with van der Waals surface area (Å²) in [5.41, 5.74) is 3.93. The second-order valence-corrected chi connectivity index (χ2v) is 8.90. The summed E-state index contributed by atoms with van der Waals surface area (Å²) >= 11 is 1.63. The summed E-state index contributed by atoms with van der Waals surface area (Å²) in [6.45, 7) is 5.49. The minimum atomic E-state index is 0.348. The maximum absolute atomic E-state index is 6.20. The van der Waals surface area contributed by atoms with Crippen LogP contribution in [0.4, 0.5) is 5.13 Å². The Labute approximate surface area is 199 Å². The van der Waals surface area contributed by atoms with E-state index in [1.165, 1.54) is 0 Å². The fourth-order valence-corrected chi connectivity index (χ4v) is 4.82. The fourth-order valence-electron chi connectivity index (χ4n) is 3.96. The number of nitrogens with zero attached hydrogens (tertiary/aromatic N) is 5. The molecule has 1 saturated heterocycles. The SMILES string of the molecule is COc1cc(OCc2csc(N3CCOCC3)n2)c2cc(-c3cn4nc(C)ccc4n3)oc2c1. The summed E-state index contributed by atoms with van der Waals surface area (Å²) in [5.74, 6) is 1.96. The number of ether oxygens (including phenoxy) is 3. The van der Waals surface area contributed by atoms with Gasteiger partial charge < -0.3 is 23.5 Å². The highest BCUT2D eigenvalue weighted by atomic mass is 32.1. The predicted octanol–water partition coefficient (Wildman–Crippen LogP) is 4.33. The molecule has 10 heteroatoms. The van der Waals surface area contributed by atoms with Crippen LogP contribution >= 0.6 is 11.3 Å². The van der Waals surface area contributed by atoms with E-state index in [1.807, 2.05) is 48.8 Å². The third kappa shape index (κ3) is 3.95. The first-order valence-electron chi connectivity index (χ1n) is 11.0. The Morgan fingerprint density at radius 2 is 2.00 bits per heavy atom. The van der Waals surface area contributed by atoms with Gasteiger partial charge in [0.1, 0.15) is 29.4 Å². The Hall–Kier alpha value is -3.63. The number of aryl methyl sites for hydroxylation is 1. The van der Waals surface area contributed by atoms with Gasteiger partial charge in [-0.1, -0.05) is 0 Å². The molecule has 0 bridgehead atoms. The number of thiazole rings is 1. The van der Waals surface area contributed by atoms with Crippen molar-refractivity contribution in [2.24, 2.45) is 0 Å². The summed E-state index contributed by atoms with van der Waals surface area (Å²) < 4.78 is 25.0. The number of furan rings is 1. The number of aromatic nitrogens is 4. The number of benzene rings is 1. The van der Waals surface area contributed by atoms with Gasteiger partial charge in [0, 0.05) is 30.6 Å². The number of imidazole rings is 1. The van der Waals surface area contributed by atoms with Crippen molar-refractivity contribution < 1.29 is 18.6 Å². The van der Waals surface area contributed by atoms with Crippen LogP contribution in [0.5, 0.6) is 11.5 Å². The predicted molar refractivity (Wildman–Crippen MR) is 129 cm³/mol. The number of rotatable bonds is 6. The molecule has 6 rings (SSSR count). The number of methoxy groups -OCH3 is 1. The van der Waals surface area contributed by atoms with Gasteiger partial charge in [-0.25, -0.2) is 14.5 Å². The van der Waals surface area contributed by atoms with E-state index in [-0.39, 0.29) is 0 Å². The Morgan fingerprint density at radius 3 is 2.85 bits per heavy atom. The van der Waals surface area contributed by atoms with E-state index in [9.17, 15) is 0 Å². The molecule has 0 saturated carbocycles. The van der Waals surface area contributed by atoms with Crippen molar-refractivity contribution in [1.29, 1.82) is 0 Å². The first-order valence-corrected chi connectivity index (χ1v) is 11.9. The summed E-state index contributed by atoms with van der Waals surface area (Å²) in [5, 5.41) is 8.35. The van der Waals surface area contributed by atoms with Crippen molar-refractivity contribution in [2.75, 3.05) is 38.3 Å². The minimum absolute atomic E-state index is 0.348. The van der Waals surface area contributed by atoms with Gasteiger partial charge in [0.05, 0.1) is 43.3 Å². The van der Waals surface area contributed by atoms with E-state index < -0.39 is 0 Å². The highest BCUT2D eigenvalue weighted by molar-refractivity contribution is 7.13. The molecular formula is C24H23N5O4S. The molecule has 174 valence electrons. The van der Waals surface area contributed by atoms with Crippen LogP contribution in [-0.4, -0.2) is 53.0 Å². The molecule has 0 spiro atoms. The normalized spacial score (nSPS) is 14.2. The van der Waals surface area contributed by atoms with Gasteiger partial charge in [-0.05, 0) is 25.1 Å². The molecule has 5 heterocycles. The number of hydrogen-bond donors (Lipinski definition) is 0. The Morgan fingerprint density at radius 1 is 1.12 bits per heavy atom. The highest BCUT2D eigenvalue weighted by Gasteiger charge is 2.18. The number of hydrogen-bond acceptors (Lipinski definition) is 9. The van der Waals surface area contributed by atoms with Crippen LogP contribution in [0.1, 0.15) is 11.4 Å². The molecule has 9 nitrogen and oxygen atoms in total. The maximum atomic E-state index is 6.20. The van der Waals surface area contributed by atoms with Gasteiger partial charge in [-0.3, -0.25) is 0 Å². The van der Waals surface area contributed by atoms with Crippen molar-refractivity contribution in [3.63, 3.8) is 0 Å². The average Bonchev–Trinajstić information content (AvgIpc) is 3.60. The maximum Gasteiger partial charge on any atom is 0.185 e. The second kappa shape index (κ2) is 8.62. The molecule has 0 atom stereocenters. The van der Waals surface area contributed by atoms with Crippen LogP contribution < -0.4 is 14.4 Å². The van der Waals surface area contributed by atoms with Crippen LogP contribution in [0.2, 0.25) is 0 Å². The van der Waals surface area contributed by atoms with Gasteiger partial charge >= 0.3 is 0 Å². The molecule has 0 radical (unpaired) electrons. The van der Waals surface area contributed by atoms with E-state index in [0.29, 0.717) is 35.1 Å². The smallest absolute Gasteiger partial charge is 0.185 e. The molecule has 0 aliphatic carbocycles. The molecule has 34 heavy (non-hydrogen) atoms. The molecule has 0 unspecified atom stereocenters. The molecule has 1 fully saturated rings. The number of morpholine rings is 1. The third-order valence-electron chi connectivity index (χ3n) is 5.71. The quantitative estimate of drug-likeness (QED) is 0.357. The Bertz CT molecular complexity index is 1470. The third-order valence-corrected chi connectivity index (χ3v) is 6.66. The lowest BCUT2D eigenvalue weighted by Gasteiger charge is -2.26. The van der Waals surface area contributed by atoms with Crippen LogP contribution in [0, 0.1) is 6.92 Å². The minimum Gasteiger partial charge on any atom is -0.496 e. The summed E-state index contributed by atoms with van der Waals surface area (Å²) in [7, 11) is 1.62. The zero-order valence-electron chi connectivity index (χ0n) is 18.9. The summed E-state index contributed by atoms with van der Waals surface area (Å²) in [6.07, 6.45) is 1.86. The van der Waals surface area contributed by atoms with Crippen molar-refractivity contribution in [2.45, 2.75) is 13.5 Å². The van der Waals surface area contributed by atoms with Crippen molar-refractivity contribution >= 4 is 33.1 Å². The van der Waals surface area contributed by atoms with Crippen LogP contribution in [0.3, 0.4) is 0 Å². The van der Waals surface area contributed by atoms with Crippen molar-refractivity contribution in [3.8, 4) is 23.0 Å². The molecule has 0 amide bonds. The van der Waals surface area contributed by atoms with Gasteiger partial charge in [0.2, 0.25) is 0 Å². The van der Waals surface area contributed by atoms with Crippen LogP contribution in [-0.2, 0) is 11.3 Å². The molecule has 0 N–H and O–H groups in total. The molecule has 1 aliphatic heterocycles. The van der Waals surface area contributed by atoms with Crippen molar-refractivity contribution in [1.82, 2.24) is 19.6 Å². The lowest BCUT2D eigenvalue weighted by Crippen LogP contribution is -2.36. The van der Waals surface area contributed by atoms with Gasteiger partial charge in [-0.2, -0.15) is 5.10 Å². The monoisotopic (exact) mass is 477 g/mol. The summed E-state index contributed by atoms with van der Waals surface area (Å²) in [4.78, 5) is 11.6. The Balaban J connectivity index is 1.29. The number of anilines is 1. The largest absolute Gasteiger partial charge is 0.496 e. The zero-order valence-corrected chi connectivity index (χ0v) is 19.7. The molecule has 1 aromatic carbocycles. The van der Waals surface area contributed by atoms with E-state index in [4.69, 9.17) is 23.6 Å². The molecular weight excluding hydrogens is 454 g/mol. The average molecular weight is 478 g/mol. The van der Waals surface area contributed by atoms with Gasteiger partial charge in [0.15, 0.2) is 16.5 Å². The van der Waals surface area contributed by atoms with Crippen LogP contribution in [0.15, 0.2) is 46.3 Å². The second-order valence-electron chi connectivity index (χ2n) is 8.06. The van der Waals surface area contributed by atoms with Crippen LogP contribution in [0.25, 0.3) is 28.1 Å². The van der Waals surface area contributed by atoms with E-state index in [2.05, 4.69) is 15.0 Å². The number of fused-ring (bicyclic) bond motifs is 2. The lowest BCUT2D eigenvalue weighted by atomic mass is 10.2. The first-order chi connectivity index (χ1) is 16.7. The fraction of sp³-hybridized carbons (Fsp3) is 0.292. The van der Waals surface area contributed by atoms with Crippen molar-refractivity contribution in [3.05, 3.63) is 53.3 Å². The standard InChI is InChI=1S/C24H23N5O4S/c1-15-3-4-23-26-19(12-29(23)27-15)22-11-18-20(9-17(30-2)10-21(18)33-22)32-13-16-14-34-24(25-16)28-5-7-31-8-6-28/h3-4,9-12,14H,5-8,13H2,1-2H3. The topological polar surface area (TPSA) is 87.2 Å². The zero-order chi connectivity index (χ0) is 23.1. The van der Waals surface area contributed by atoms with E-state index in [1.54, 1.807) is 23.0 Å². The first kappa shape index (κ1) is 20.9. The molecule has 4 aromatic heterocycles. The van der Waals surface area contributed by atoms with Gasteiger partial charge in [-0.15, -0.1) is 11.3 Å². The highest BCUT2D eigenvalue weighted by Crippen LogP contribution is 2.37. The lowest BCUT2D eigenvalue weighted by molar-refractivity contribution is 0.122.